The molecule has 0 spiro atoms. The highest BCUT2D eigenvalue weighted by Gasteiger charge is 2.19. The van der Waals surface area contributed by atoms with E-state index < -0.39 is 5.72 Å². The molecule has 14 heavy (non-hydrogen) atoms. The monoisotopic (exact) mass is 195 g/mol. The Bertz CT molecular complexity index is 366. The van der Waals surface area contributed by atoms with Crippen molar-refractivity contribution in [1.29, 1.82) is 0 Å². The van der Waals surface area contributed by atoms with Crippen LogP contribution >= 0.6 is 0 Å². The van der Waals surface area contributed by atoms with Crippen LogP contribution in [0.4, 0.5) is 0 Å². The second-order valence-corrected chi connectivity index (χ2v) is 3.50. The summed E-state index contributed by atoms with van der Waals surface area (Å²) in [6.07, 6.45) is 0.525. The van der Waals surface area contributed by atoms with Crippen LogP contribution in [0.5, 0.6) is 5.75 Å². The highest BCUT2D eigenvalue weighted by Crippen LogP contribution is 2.26. The van der Waals surface area contributed by atoms with Crippen LogP contribution < -0.4 is 5.73 Å². The lowest BCUT2D eigenvalue weighted by atomic mass is 9.99. The summed E-state index contributed by atoms with van der Waals surface area (Å²) >= 11 is 0. The van der Waals surface area contributed by atoms with E-state index in [1.807, 2.05) is 0 Å². The Labute approximate surface area is 82.0 Å². The van der Waals surface area contributed by atoms with Gasteiger partial charge < -0.3 is 15.9 Å². The standard InChI is InChI=1S/C10H13NO3/c1-6-3-8(10(2,11)14)4-7(5-12)9(6)13/h3-5,13-14H,11H2,1-2H3/t10-/m0/s1. The minimum Gasteiger partial charge on any atom is -0.507 e. The lowest BCUT2D eigenvalue weighted by Gasteiger charge is -2.19. The van der Waals surface area contributed by atoms with Gasteiger partial charge in [-0.15, -0.1) is 0 Å². The van der Waals surface area contributed by atoms with Gasteiger partial charge >= 0.3 is 0 Å². The van der Waals surface area contributed by atoms with Crippen LogP contribution in [0, 0.1) is 6.92 Å². The quantitative estimate of drug-likeness (QED) is 0.477. The maximum Gasteiger partial charge on any atom is 0.153 e. The molecule has 0 radical (unpaired) electrons. The summed E-state index contributed by atoms with van der Waals surface area (Å²) in [6, 6.07) is 2.91. The molecule has 0 aromatic heterocycles. The number of nitrogens with two attached hydrogens (primary N) is 1. The van der Waals surface area contributed by atoms with E-state index in [1.54, 1.807) is 13.0 Å². The number of rotatable bonds is 2. The van der Waals surface area contributed by atoms with Crippen LogP contribution in [0.1, 0.15) is 28.4 Å². The van der Waals surface area contributed by atoms with Gasteiger partial charge in [0.1, 0.15) is 11.5 Å². The zero-order chi connectivity index (χ0) is 10.9. The predicted octanol–water partition coefficient (Wildman–Crippen LogP) is 0.637. The number of phenolic OH excluding ortho intramolecular Hbond substituents is 1. The molecule has 0 aliphatic rings. The Morgan fingerprint density at radius 2 is 2.07 bits per heavy atom. The molecule has 1 aromatic rings. The highest BCUT2D eigenvalue weighted by atomic mass is 16.3. The molecule has 76 valence electrons. The second-order valence-electron chi connectivity index (χ2n) is 3.50. The van der Waals surface area contributed by atoms with E-state index in [1.165, 1.54) is 13.0 Å². The number of hydrogen-bond acceptors (Lipinski definition) is 4. The van der Waals surface area contributed by atoms with Gasteiger partial charge in [0.25, 0.3) is 0 Å². The largest absolute Gasteiger partial charge is 0.507 e. The van der Waals surface area contributed by atoms with E-state index in [2.05, 4.69) is 0 Å². The van der Waals surface area contributed by atoms with Crippen molar-refractivity contribution in [2.75, 3.05) is 0 Å². The Hall–Kier alpha value is -1.39. The first-order valence-electron chi connectivity index (χ1n) is 4.16. The van der Waals surface area contributed by atoms with Crippen LogP contribution in [0.2, 0.25) is 0 Å². The molecule has 1 rings (SSSR count). The number of carbonyl (C=O) groups excluding carboxylic acids is 1. The van der Waals surface area contributed by atoms with Gasteiger partial charge in [0.2, 0.25) is 0 Å². The van der Waals surface area contributed by atoms with Gasteiger partial charge in [-0.25, -0.2) is 0 Å². The molecule has 0 aliphatic heterocycles. The van der Waals surface area contributed by atoms with Crippen molar-refractivity contribution in [2.24, 2.45) is 5.73 Å². The molecule has 0 saturated carbocycles. The lowest BCUT2D eigenvalue weighted by molar-refractivity contribution is 0.0645. The van der Waals surface area contributed by atoms with Gasteiger partial charge in [-0.3, -0.25) is 4.79 Å². The number of aliphatic hydroxyl groups is 1. The van der Waals surface area contributed by atoms with Crippen molar-refractivity contribution in [3.8, 4) is 5.75 Å². The molecule has 0 unspecified atom stereocenters. The number of phenols is 1. The number of hydrogen-bond donors (Lipinski definition) is 3. The zero-order valence-electron chi connectivity index (χ0n) is 8.11. The SMILES string of the molecule is Cc1cc([C@@](C)(N)O)cc(C=O)c1O. The first-order chi connectivity index (χ1) is 6.36. The maximum atomic E-state index is 10.6. The van der Waals surface area contributed by atoms with Crippen molar-refractivity contribution >= 4 is 6.29 Å². The van der Waals surface area contributed by atoms with Gasteiger partial charge in [-0.05, 0) is 37.1 Å². The normalized spacial score (nSPS) is 14.9. The number of benzene rings is 1. The zero-order valence-corrected chi connectivity index (χ0v) is 8.11. The summed E-state index contributed by atoms with van der Waals surface area (Å²) in [5.74, 6) is -0.0759. The van der Waals surface area contributed by atoms with Gasteiger partial charge in [0.05, 0.1) is 5.56 Å². The van der Waals surface area contributed by atoms with Gasteiger partial charge in [-0.1, -0.05) is 0 Å². The van der Waals surface area contributed by atoms with Gasteiger partial charge in [-0.2, -0.15) is 0 Å². The summed E-state index contributed by atoms with van der Waals surface area (Å²) in [6.45, 7) is 3.05. The molecule has 4 heteroatoms. The Morgan fingerprint density at radius 1 is 1.50 bits per heavy atom. The first-order valence-corrected chi connectivity index (χ1v) is 4.16. The fraction of sp³-hybridized carbons (Fsp3) is 0.300. The van der Waals surface area contributed by atoms with E-state index in [9.17, 15) is 15.0 Å². The first kappa shape index (κ1) is 10.7. The van der Waals surface area contributed by atoms with Gasteiger partial charge in [0, 0.05) is 0 Å². The van der Waals surface area contributed by atoms with Crippen LogP contribution in [-0.4, -0.2) is 16.5 Å². The van der Waals surface area contributed by atoms with Crippen LogP contribution in [0.15, 0.2) is 12.1 Å². The topological polar surface area (TPSA) is 83.5 Å². The fourth-order valence-electron chi connectivity index (χ4n) is 1.19. The molecule has 0 bridgehead atoms. The molecule has 0 aliphatic carbocycles. The number of aldehydes is 1. The van der Waals surface area contributed by atoms with Crippen LogP contribution in [0.3, 0.4) is 0 Å². The lowest BCUT2D eigenvalue weighted by Crippen LogP contribution is -2.32. The van der Waals surface area contributed by atoms with Crippen molar-refractivity contribution < 1.29 is 15.0 Å². The molecule has 0 amide bonds. The average molecular weight is 195 g/mol. The van der Waals surface area contributed by atoms with E-state index in [-0.39, 0.29) is 11.3 Å². The summed E-state index contributed by atoms with van der Waals surface area (Å²) in [4.78, 5) is 10.6. The summed E-state index contributed by atoms with van der Waals surface area (Å²) in [5, 5.41) is 18.9. The maximum absolute atomic E-state index is 10.6. The average Bonchev–Trinajstić information content (AvgIpc) is 2.07. The van der Waals surface area contributed by atoms with E-state index in [4.69, 9.17) is 5.73 Å². The minimum atomic E-state index is -1.50. The summed E-state index contributed by atoms with van der Waals surface area (Å²) in [7, 11) is 0. The third-order valence-corrected chi connectivity index (χ3v) is 2.04. The van der Waals surface area contributed by atoms with E-state index in [0.29, 0.717) is 17.4 Å². The molecule has 4 N–H and O–H groups in total. The number of aryl methyl sites for hydroxylation is 1. The summed E-state index contributed by atoms with van der Waals surface area (Å²) in [5.41, 5.74) is 4.99. The molecule has 1 atom stereocenters. The summed E-state index contributed by atoms with van der Waals surface area (Å²) < 4.78 is 0. The van der Waals surface area contributed by atoms with Crippen LogP contribution in [-0.2, 0) is 5.72 Å². The van der Waals surface area contributed by atoms with Gasteiger partial charge in [0.15, 0.2) is 6.29 Å². The molecule has 0 fully saturated rings. The third-order valence-electron chi connectivity index (χ3n) is 2.04. The third kappa shape index (κ3) is 1.92. The molecule has 0 saturated heterocycles. The van der Waals surface area contributed by atoms with Crippen molar-refractivity contribution in [3.05, 3.63) is 28.8 Å². The second kappa shape index (κ2) is 3.40. The number of aromatic hydroxyl groups is 1. The number of carbonyl (C=O) groups is 1. The van der Waals surface area contributed by atoms with E-state index in [0.717, 1.165) is 0 Å². The Balaban J connectivity index is 3.37. The molecular formula is C10H13NO3. The van der Waals surface area contributed by atoms with Crippen molar-refractivity contribution in [3.63, 3.8) is 0 Å². The van der Waals surface area contributed by atoms with Crippen LogP contribution in [0.25, 0.3) is 0 Å². The Morgan fingerprint density at radius 3 is 2.50 bits per heavy atom. The molecular weight excluding hydrogens is 182 g/mol. The Kier molecular flexibility index (Phi) is 2.59. The van der Waals surface area contributed by atoms with E-state index >= 15 is 0 Å². The smallest absolute Gasteiger partial charge is 0.153 e. The van der Waals surface area contributed by atoms with Crippen molar-refractivity contribution in [1.82, 2.24) is 0 Å². The fourth-order valence-corrected chi connectivity index (χ4v) is 1.19. The van der Waals surface area contributed by atoms with Crippen molar-refractivity contribution in [2.45, 2.75) is 19.6 Å². The molecule has 4 nitrogen and oxygen atoms in total. The highest BCUT2D eigenvalue weighted by molar-refractivity contribution is 5.80. The predicted molar refractivity (Wildman–Crippen MR) is 52.0 cm³/mol. The molecule has 0 heterocycles. The molecule has 1 aromatic carbocycles. The minimum absolute atomic E-state index is 0.0759.